The van der Waals surface area contributed by atoms with Crippen molar-refractivity contribution in [3.63, 3.8) is 0 Å². The molecule has 20 heavy (non-hydrogen) atoms. The van der Waals surface area contributed by atoms with Crippen LogP contribution in [0.15, 0.2) is 56.3 Å². The average molecular weight is 416 g/mol. The van der Waals surface area contributed by atoms with Crippen LogP contribution in [0.25, 0.3) is 0 Å². The number of thioether (sulfide) groups is 1. The van der Waals surface area contributed by atoms with Gasteiger partial charge in [-0.1, -0.05) is 12.1 Å². The zero-order chi connectivity index (χ0) is 14.5. The van der Waals surface area contributed by atoms with E-state index < -0.39 is 0 Å². The van der Waals surface area contributed by atoms with E-state index in [2.05, 4.69) is 37.2 Å². The van der Waals surface area contributed by atoms with Crippen molar-refractivity contribution in [2.24, 2.45) is 0 Å². The highest BCUT2D eigenvalue weighted by molar-refractivity contribution is 9.10. The molecule has 0 bridgehead atoms. The van der Waals surface area contributed by atoms with Gasteiger partial charge in [0.15, 0.2) is 0 Å². The van der Waals surface area contributed by atoms with Crippen molar-refractivity contribution in [1.82, 2.24) is 0 Å². The van der Waals surface area contributed by atoms with E-state index in [4.69, 9.17) is 5.73 Å². The topological polar surface area (TPSA) is 55.1 Å². The molecule has 0 aromatic heterocycles. The lowest BCUT2D eigenvalue weighted by Gasteiger charge is -2.08. The largest absolute Gasteiger partial charge is 0.399 e. The van der Waals surface area contributed by atoms with Gasteiger partial charge in [-0.3, -0.25) is 4.79 Å². The van der Waals surface area contributed by atoms with Crippen molar-refractivity contribution in [2.45, 2.75) is 4.90 Å². The van der Waals surface area contributed by atoms with Crippen LogP contribution in [0.5, 0.6) is 0 Å². The first-order chi connectivity index (χ1) is 9.56. The zero-order valence-electron chi connectivity index (χ0n) is 10.4. The Morgan fingerprint density at radius 3 is 2.60 bits per heavy atom. The number of nitrogens with two attached hydrogens (primary N) is 1. The van der Waals surface area contributed by atoms with E-state index in [0.29, 0.717) is 11.4 Å². The number of anilines is 2. The van der Waals surface area contributed by atoms with Crippen LogP contribution in [0.3, 0.4) is 0 Å². The summed E-state index contributed by atoms with van der Waals surface area (Å²) in [6.07, 6.45) is 0. The molecule has 3 N–H and O–H groups in total. The molecule has 104 valence electrons. The number of carbonyl (C=O) groups is 1. The number of hydrogen-bond acceptors (Lipinski definition) is 3. The summed E-state index contributed by atoms with van der Waals surface area (Å²) >= 11 is 8.32. The van der Waals surface area contributed by atoms with E-state index in [1.54, 1.807) is 18.2 Å². The van der Waals surface area contributed by atoms with Crippen LogP contribution in [-0.2, 0) is 4.79 Å². The summed E-state index contributed by atoms with van der Waals surface area (Å²) in [5.41, 5.74) is 7.03. The molecular weight excluding hydrogens is 404 g/mol. The van der Waals surface area contributed by atoms with E-state index in [-0.39, 0.29) is 5.91 Å². The van der Waals surface area contributed by atoms with Gasteiger partial charge in [0.1, 0.15) is 0 Å². The first-order valence-electron chi connectivity index (χ1n) is 5.78. The Morgan fingerprint density at radius 1 is 1.15 bits per heavy atom. The maximum absolute atomic E-state index is 11.9. The molecule has 0 unspecified atom stereocenters. The van der Waals surface area contributed by atoms with Crippen molar-refractivity contribution >= 4 is 60.9 Å². The highest BCUT2D eigenvalue weighted by Crippen LogP contribution is 2.28. The van der Waals surface area contributed by atoms with Gasteiger partial charge >= 0.3 is 0 Å². The first-order valence-corrected chi connectivity index (χ1v) is 8.35. The van der Waals surface area contributed by atoms with E-state index >= 15 is 0 Å². The molecule has 0 heterocycles. The van der Waals surface area contributed by atoms with E-state index in [1.165, 1.54) is 11.8 Å². The van der Waals surface area contributed by atoms with Gasteiger partial charge in [0.25, 0.3) is 0 Å². The number of nitrogens with one attached hydrogen (secondary N) is 1. The summed E-state index contributed by atoms with van der Waals surface area (Å²) in [5, 5.41) is 2.85. The normalized spacial score (nSPS) is 10.3. The standard InChI is InChI=1S/C14H12Br2N2OS/c15-10-3-1-2-4-13(10)20-8-14(19)18-12-6-5-9(17)7-11(12)16/h1-7H,8,17H2,(H,18,19). The maximum atomic E-state index is 11.9. The van der Waals surface area contributed by atoms with Gasteiger partial charge in [0, 0.05) is 19.5 Å². The fourth-order valence-electron chi connectivity index (χ4n) is 1.52. The third-order valence-electron chi connectivity index (χ3n) is 2.46. The number of benzene rings is 2. The van der Waals surface area contributed by atoms with E-state index in [0.717, 1.165) is 19.5 Å². The van der Waals surface area contributed by atoms with Crippen molar-refractivity contribution in [3.05, 3.63) is 51.4 Å². The van der Waals surface area contributed by atoms with E-state index in [9.17, 15) is 4.79 Å². The van der Waals surface area contributed by atoms with Crippen molar-refractivity contribution in [1.29, 1.82) is 0 Å². The molecule has 1 amide bonds. The third-order valence-corrected chi connectivity index (χ3v) is 5.15. The van der Waals surface area contributed by atoms with Crippen LogP contribution < -0.4 is 11.1 Å². The van der Waals surface area contributed by atoms with Gasteiger partial charge in [0.05, 0.1) is 11.4 Å². The molecule has 6 heteroatoms. The number of nitrogen functional groups attached to an aromatic ring is 1. The van der Waals surface area contributed by atoms with Crippen LogP contribution in [-0.4, -0.2) is 11.7 Å². The second-order valence-electron chi connectivity index (χ2n) is 4.01. The van der Waals surface area contributed by atoms with Crippen molar-refractivity contribution < 1.29 is 4.79 Å². The summed E-state index contributed by atoms with van der Waals surface area (Å²) < 4.78 is 1.77. The molecule has 0 atom stereocenters. The lowest BCUT2D eigenvalue weighted by atomic mass is 10.3. The zero-order valence-corrected chi connectivity index (χ0v) is 14.4. The van der Waals surface area contributed by atoms with Gasteiger partial charge in [-0.05, 0) is 62.2 Å². The Hall–Kier alpha value is -0.980. The highest BCUT2D eigenvalue weighted by Gasteiger charge is 2.08. The third kappa shape index (κ3) is 4.26. The van der Waals surface area contributed by atoms with Crippen LogP contribution in [0, 0.1) is 0 Å². The van der Waals surface area contributed by atoms with E-state index in [1.807, 2.05) is 24.3 Å². The lowest BCUT2D eigenvalue weighted by molar-refractivity contribution is -0.113. The highest BCUT2D eigenvalue weighted by atomic mass is 79.9. The molecule has 0 radical (unpaired) electrons. The lowest BCUT2D eigenvalue weighted by Crippen LogP contribution is -2.14. The summed E-state index contributed by atoms with van der Waals surface area (Å²) in [6.45, 7) is 0. The molecule has 2 aromatic carbocycles. The number of carbonyl (C=O) groups excluding carboxylic acids is 1. The first kappa shape index (κ1) is 15.4. The minimum absolute atomic E-state index is 0.0591. The number of hydrogen-bond donors (Lipinski definition) is 2. The summed E-state index contributed by atoms with van der Waals surface area (Å²) in [6, 6.07) is 13.1. The quantitative estimate of drug-likeness (QED) is 0.569. The van der Waals surface area contributed by atoms with Gasteiger partial charge in [-0.2, -0.15) is 0 Å². The number of halogens is 2. The van der Waals surface area contributed by atoms with Gasteiger partial charge in [-0.25, -0.2) is 0 Å². The molecule has 3 nitrogen and oxygen atoms in total. The smallest absolute Gasteiger partial charge is 0.234 e. The molecule has 0 spiro atoms. The summed E-state index contributed by atoms with van der Waals surface area (Å²) in [4.78, 5) is 13.0. The summed E-state index contributed by atoms with van der Waals surface area (Å²) in [5.74, 6) is 0.288. The van der Waals surface area contributed by atoms with Crippen molar-refractivity contribution in [2.75, 3.05) is 16.8 Å². The molecular formula is C14H12Br2N2OS. The minimum atomic E-state index is -0.0591. The molecule has 2 aromatic rings. The molecule has 0 saturated heterocycles. The van der Waals surface area contributed by atoms with Crippen LogP contribution in [0.4, 0.5) is 11.4 Å². The molecule has 2 rings (SSSR count). The molecule has 0 aliphatic carbocycles. The fourth-order valence-corrected chi connectivity index (χ4v) is 3.39. The van der Waals surface area contributed by atoms with Gasteiger partial charge in [-0.15, -0.1) is 11.8 Å². The molecule has 0 fully saturated rings. The second-order valence-corrected chi connectivity index (χ2v) is 6.73. The van der Waals surface area contributed by atoms with Gasteiger partial charge < -0.3 is 11.1 Å². The Balaban J connectivity index is 1.94. The van der Waals surface area contributed by atoms with Crippen LogP contribution in [0.2, 0.25) is 0 Å². The molecule has 0 saturated carbocycles. The Labute approximate surface area is 138 Å². The molecule has 0 aliphatic heterocycles. The minimum Gasteiger partial charge on any atom is -0.399 e. The summed E-state index contributed by atoms with van der Waals surface area (Å²) in [7, 11) is 0. The predicted molar refractivity (Wildman–Crippen MR) is 92.1 cm³/mol. The fraction of sp³-hybridized carbons (Fsp3) is 0.0714. The Kier molecular flexibility index (Phi) is 5.51. The SMILES string of the molecule is Nc1ccc(NC(=O)CSc2ccccc2Br)c(Br)c1. The maximum Gasteiger partial charge on any atom is 0.234 e. The predicted octanol–water partition coefficient (Wildman–Crippen LogP) is 4.52. The second kappa shape index (κ2) is 7.15. The number of amides is 1. The monoisotopic (exact) mass is 414 g/mol. The molecule has 0 aliphatic rings. The van der Waals surface area contributed by atoms with Crippen molar-refractivity contribution in [3.8, 4) is 0 Å². The number of rotatable bonds is 4. The Bertz CT molecular complexity index is 634. The van der Waals surface area contributed by atoms with Crippen LogP contribution >= 0.6 is 43.6 Å². The Morgan fingerprint density at radius 2 is 1.90 bits per heavy atom. The van der Waals surface area contributed by atoms with Crippen LogP contribution in [0.1, 0.15) is 0 Å². The average Bonchev–Trinajstić information content (AvgIpc) is 2.41. The van der Waals surface area contributed by atoms with Gasteiger partial charge in [0.2, 0.25) is 5.91 Å².